The summed E-state index contributed by atoms with van der Waals surface area (Å²) in [6.07, 6.45) is 7.08. The highest BCUT2D eigenvalue weighted by Gasteiger charge is 2.36. The van der Waals surface area contributed by atoms with E-state index >= 15 is 0 Å². The van der Waals surface area contributed by atoms with Crippen LogP contribution >= 0.6 is 0 Å². The van der Waals surface area contributed by atoms with Gasteiger partial charge in [-0.15, -0.1) is 0 Å². The Labute approximate surface area is 51.3 Å². The van der Waals surface area contributed by atoms with Gasteiger partial charge in [0.05, 0.1) is 0 Å². The fourth-order valence-electron chi connectivity index (χ4n) is 2.29. The van der Waals surface area contributed by atoms with E-state index in [2.05, 4.69) is 13.3 Å². The maximum Gasteiger partial charge on any atom is -0.0324 e. The fraction of sp³-hybridized carbons (Fsp3) is 0.875. The van der Waals surface area contributed by atoms with Gasteiger partial charge in [0.1, 0.15) is 0 Å². The first kappa shape index (κ1) is 4.84. The van der Waals surface area contributed by atoms with Crippen LogP contribution in [0.15, 0.2) is 0 Å². The zero-order valence-corrected chi connectivity index (χ0v) is 5.43. The first-order valence-electron chi connectivity index (χ1n) is 3.71. The monoisotopic (exact) mass is 109 g/mol. The van der Waals surface area contributed by atoms with Crippen LogP contribution in [0.4, 0.5) is 0 Å². The molecule has 2 rings (SSSR count). The van der Waals surface area contributed by atoms with Crippen molar-refractivity contribution < 1.29 is 0 Å². The van der Waals surface area contributed by atoms with Crippen LogP contribution in [0.3, 0.4) is 0 Å². The Balaban J connectivity index is 2.11. The molecule has 1 radical (unpaired) electrons. The molecule has 45 valence electrons. The molecule has 2 aliphatic rings. The number of fused-ring (bicyclic) bond motifs is 2. The van der Waals surface area contributed by atoms with Gasteiger partial charge in [0.2, 0.25) is 0 Å². The van der Waals surface area contributed by atoms with Crippen LogP contribution < -0.4 is 0 Å². The Morgan fingerprint density at radius 3 is 2.50 bits per heavy atom. The average Bonchev–Trinajstić information content (AvgIpc) is 2.23. The molecule has 0 heterocycles. The molecule has 0 aromatic heterocycles. The van der Waals surface area contributed by atoms with Gasteiger partial charge in [0, 0.05) is 0 Å². The average molecular weight is 109 g/mol. The Hall–Kier alpha value is 0. The van der Waals surface area contributed by atoms with Gasteiger partial charge in [-0.2, -0.15) is 0 Å². The van der Waals surface area contributed by atoms with Gasteiger partial charge in [0.25, 0.3) is 0 Å². The van der Waals surface area contributed by atoms with Crippen molar-refractivity contribution in [2.75, 3.05) is 0 Å². The second-order valence-corrected chi connectivity index (χ2v) is 3.38. The molecule has 2 aliphatic carbocycles. The van der Waals surface area contributed by atoms with Gasteiger partial charge in [-0.25, -0.2) is 0 Å². The predicted molar refractivity (Wildman–Crippen MR) is 34.3 cm³/mol. The normalized spacial score (nSPS) is 52.9. The van der Waals surface area contributed by atoms with Gasteiger partial charge in [-0.1, -0.05) is 6.92 Å². The van der Waals surface area contributed by atoms with Crippen molar-refractivity contribution in [1.82, 2.24) is 0 Å². The Kier molecular flexibility index (Phi) is 0.902. The zero-order chi connectivity index (χ0) is 5.56. The molecule has 0 amide bonds. The van der Waals surface area contributed by atoms with Gasteiger partial charge < -0.3 is 0 Å². The molecule has 0 heteroatoms. The summed E-state index contributed by atoms with van der Waals surface area (Å²) in [5, 5.41) is 0. The van der Waals surface area contributed by atoms with E-state index in [4.69, 9.17) is 0 Å². The van der Waals surface area contributed by atoms with Gasteiger partial charge in [0.15, 0.2) is 0 Å². The molecule has 2 bridgehead atoms. The molecule has 3 unspecified atom stereocenters. The van der Waals surface area contributed by atoms with Gasteiger partial charge >= 0.3 is 0 Å². The summed E-state index contributed by atoms with van der Waals surface area (Å²) >= 11 is 0. The highest BCUT2D eigenvalue weighted by Crippen LogP contribution is 2.47. The number of rotatable bonds is 0. The summed E-state index contributed by atoms with van der Waals surface area (Å²) in [6.45, 7) is 2.36. The van der Waals surface area contributed by atoms with Crippen LogP contribution in [-0.4, -0.2) is 0 Å². The van der Waals surface area contributed by atoms with Gasteiger partial charge in [-0.05, 0) is 43.4 Å². The van der Waals surface area contributed by atoms with Crippen molar-refractivity contribution in [3.63, 3.8) is 0 Å². The lowest BCUT2D eigenvalue weighted by atomic mass is 9.91. The van der Waals surface area contributed by atoms with Crippen molar-refractivity contribution >= 4 is 0 Å². The van der Waals surface area contributed by atoms with E-state index in [0.717, 1.165) is 17.8 Å². The van der Waals surface area contributed by atoms with Crippen LogP contribution in [0.5, 0.6) is 0 Å². The van der Waals surface area contributed by atoms with Crippen LogP contribution in [-0.2, 0) is 0 Å². The predicted octanol–water partition coefficient (Wildman–Crippen LogP) is 2.26. The molecule has 2 fully saturated rings. The second-order valence-electron chi connectivity index (χ2n) is 3.38. The Morgan fingerprint density at radius 1 is 1.38 bits per heavy atom. The minimum atomic E-state index is 0.953. The van der Waals surface area contributed by atoms with E-state index in [1.165, 1.54) is 19.3 Å². The molecule has 8 heavy (non-hydrogen) atoms. The third-order valence-corrected chi connectivity index (χ3v) is 2.83. The van der Waals surface area contributed by atoms with E-state index in [1.807, 2.05) is 0 Å². The lowest BCUT2D eigenvalue weighted by Crippen LogP contribution is -2.05. The minimum absolute atomic E-state index is 0.953. The summed E-state index contributed by atoms with van der Waals surface area (Å²) in [5.41, 5.74) is 0. The van der Waals surface area contributed by atoms with Crippen molar-refractivity contribution in [2.45, 2.75) is 26.2 Å². The SMILES string of the molecule is CC1[CH]C2CCC1C2. The first-order chi connectivity index (χ1) is 3.86. The maximum atomic E-state index is 2.55. The summed E-state index contributed by atoms with van der Waals surface area (Å²) in [6, 6.07) is 0. The quantitative estimate of drug-likeness (QED) is 0.447. The van der Waals surface area contributed by atoms with Crippen molar-refractivity contribution in [3.05, 3.63) is 6.42 Å². The first-order valence-corrected chi connectivity index (χ1v) is 3.71. The molecule has 0 nitrogen and oxygen atoms in total. The Bertz CT molecular complexity index is 94.2. The van der Waals surface area contributed by atoms with Crippen LogP contribution in [0.1, 0.15) is 26.2 Å². The molecular weight excluding hydrogens is 96.1 g/mol. The second kappa shape index (κ2) is 1.49. The summed E-state index contributed by atoms with van der Waals surface area (Å²) < 4.78 is 0. The lowest BCUT2D eigenvalue weighted by Gasteiger charge is -2.15. The summed E-state index contributed by atoms with van der Waals surface area (Å²) in [7, 11) is 0. The van der Waals surface area contributed by atoms with Crippen molar-refractivity contribution in [3.8, 4) is 0 Å². The van der Waals surface area contributed by atoms with E-state index < -0.39 is 0 Å². The van der Waals surface area contributed by atoms with Crippen LogP contribution in [0.25, 0.3) is 0 Å². The molecule has 0 aliphatic heterocycles. The molecule has 2 saturated carbocycles. The van der Waals surface area contributed by atoms with Crippen LogP contribution in [0, 0.1) is 24.2 Å². The number of hydrogen-bond donors (Lipinski definition) is 0. The van der Waals surface area contributed by atoms with E-state index in [0.29, 0.717) is 0 Å². The third kappa shape index (κ3) is 0.519. The topological polar surface area (TPSA) is 0 Å². The fourth-order valence-corrected chi connectivity index (χ4v) is 2.29. The van der Waals surface area contributed by atoms with Gasteiger partial charge in [-0.3, -0.25) is 0 Å². The van der Waals surface area contributed by atoms with Crippen molar-refractivity contribution in [2.24, 2.45) is 17.8 Å². The highest BCUT2D eigenvalue weighted by molar-refractivity contribution is 4.99. The van der Waals surface area contributed by atoms with E-state index in [1.54, 1.807) is 0 Å². The zero-order valence-electron chi connectivity index (χ0n) is 5.43. The lowest BCUT2D eigenvalue weighted by molar-refractivity contribution is 0.430. The smallest absolute Gasteiger partial charge is 0.0324 e. The van der Waals surface area contributed by atoms with E-state index in [9.17, 15) is 0 Å². The minimum Gasteiger partial charge on any atom is -0.0620 e. The molecular formula is C8H13. The summed E-state index contributed by atoms with van der Waals surface area (Å²) in [4.78, 5) is 0. The number of hydrogen-bond acceptors (Lipinski definition) is 0. The summed E-state index contributed by atoms with van der Waals surface area (Å²) in [5.74, 6) is 3.06. The van der Waals surface area contributed by atoms with Crippen molar-refractivity contribution in [1.29, 1.82) is 0 Å². The molecule has 0 aromatic carbocycles. The molecule has 0 N–H and O–H groups in total. The third-order valence-electron chi connectivity index (χ3n) is 2.83. The molecule has 0 spiro atoms. The van der Waals surface area contributed by atoms with E-state index in [-0.39, 0.29) is 0 Å². The molecule has 3 atom stereocenters. The Morgan fingerprint density at radius 2 is 2.25 bits per heavy atom. The largest absolute Gasteiger partial charge is 0.0620 e. The molecule has 0 aromatic rings. The molecule has 0 saturated heterocycles. The maximum absolute atomic E-state index is 2.55. The standard InChI is InChI=1S/C8H13/c1-6-4-7-2-3-8(6)5-7/h4,6-8H,2-3,5H2,1H3. The van der Waals surface area contributed by atoms with Crippen LogP contribution in [0.2, 0.25) is 0 Å². The highest BCUT2D eigenvalue weighted by atomic mass is 14.4.